The molecule has 1 rings (SSSR count). The van der Waals surface area contributed by atoms with Gasteiger partial charge in [-0.1, -0.05) is 0 Å². The Bertz CT molecular complexity index is 159. The van der Waals surface area contributed by atoms with Crippen molar-refractivity contribution in [1.29, 1.82) is 0 Å². The van der Waals surface area contributed by atoms with E-state index in [1.54, 1.807) is 11.9 Å². The van der Waals surface area contributed by atoms with Crippen LogP contribution in [0.25, 0.3) is 0 Å². The molecule has 1 aliphatic heterocycles. The van der Waals surface area contributed by atoms with Crippen LogP contribution in [0.2, 0.25) is 0 Å². The first kappa shape index (κ1) is 8.21. The van der Waals surface area contributed by atoms with Crippen LogP contribution in [-0.4, -0.2) is 36.6 Å². The molecule has 0 aromatic heterocycles. The maximum Gasteiger partial charge on any atom is 0.247 e. The average Bonchev–Trinajstić information content (AvgIpc) is 1.93. The third-order valence-electron chi connectivity index (χ3n) is 1.17. The van der Waals surface area contributed by atoms with Crippen molar-refractivity contribution in [3.63, 3.8) is 0 Å². The van der Waals surface area contributed by atoms with Crippen LogP contribution in [0.1, 0.15) is 0 Å². The molecule has 1 aliphatic rings. The normalized spacial score (nSPS) is 21.0. The third-order valence-corrected chi connectivity index (χ3v) is 1.17. The first-order valence-electron chi connectivity index (χ1n) is 3.03. The summed E-state index contributed by atoms with van der Waals surface area (Å²) in [7, 11) is 1.69. The summed E-state index contributed by atoms with van der Waals surface area (Å²) in [6, 6.07) is 0. The second-order valence-electron chi connectivity index (χ2n) is 2.07. The summed E-state index contributed by atoms with van der Waals surface area (Å²) in [6.45, 7) is 0.569. The van der Waals surface area contributed by atoms with E-state index in [2.05, 4.69) is 10.4 Å². The molecule has 0 fully saturated rings. The lowest BCUT2D eigenvalue weighted by Crippen LogP contribution is -3.13. The highest BCUT2D eigenvalue weighted by molar-refractivity contribution is 5.78. The van der Waals surface area contributed by atoms with Gasteiger partial charge in [-0.3, -0.25) is 0 Å². The van der Waals surface area contributed by atoms with E-state index in [1.807, 2.05) is 0 Å². The zero-order valence-corrected chi connectivity index (χ0v) is 6.07. The van der Waals surface area contributed by atoms with Crippen molar-refractivity contribution in [2.45, 2.75) is 0 Å². The first-order valence-corrected chi connectivity index (χ1v) is 3.03. The molecule has 7 heteroatoms. The second-order valence-corrected chi connectivity index (χ2v) is 2.07. The van der Waals surface area contributed by atoms with Gasteiger partial charge in [-0.15, -0.1) is 5.34 Å². The molecule has 0 bridgehead atoms. The molecule has 0 saturated carbocycles. The van der Waals surface area contributed by atoms with Gasteiger partial charge in [0.2, 0.25) is 5.96 Å². The lowest BCUT2D eigenvalue weighted by atomic mass is 10.7. The van der Waals surface area contributed by atoms with Crippen molar-refractivity contribution >= 4 is 5.96 Å². The van der Waals surface area contributed by atoms with E-state index < -0.39 is 5.34 Å². The SMILES string of the molecule is CN1COCN=C1N[NH+]([O-])O. The summed E-state index contributed by atoms with van der Waals surface area (Å²) in [4.78, 5) is 5.35. The summed E-state index contributed by atoms with van der Waals surface area (Å²) in [5.41, 5.74) is 2.14. The van der Waals surface area contributed by atoms with Gasteiger partial charge in [-0.2, -0.15) is 10.6 Å². The molecule has 0 spiro atoms. The van der Waals surface area contributed by atoms with E-state index in [9.17, 15) is 5.21 Å². The van der Waals surface area contributed by atoms with Crippen molar-refractivity contribution < 1.29 is 15.3 Å². The maximum atomic E-state index is 10.2. The van der Waals surface area contributed by atoms with Crippen LogP contribution in [0.4, 0.5) is 0 Å². The summed E-state index contributed by atoms with van der Waals surface area (Å²) in [6.07, 6.45) is 0. The molecule has 0 aromatic carbocycles. The molecule has 0 aromatic rings. The first-order chi connectivity index (χ1) is 5.20. The lowest BCUT2D eigenvalue weighted by molar-refractivity contribution is -1.08. The Morgan fingerprint density at radius 1 is 1.91 bits per heavy atom. The molecule has 7 nitrogen and oxygen atoms in total. The maximum absolute atomic E-state index is 10.2. The average molecular weight is 162 g/mol. The number of nitrogens with zero attached hydrogens (tertiary/aromatic N) is 2. The van der Waals surface area contributed by atoms with Crippen LogP contribution in [0, 0.1) is 5.21 Å². The van der Waals surface area contributed by atoms with E-state index in [4.69, 9.17) is 9.94 Å². The van der Waals surface area contributed by atoms with E-state index >= 15 is 0 Å². The number of rotatable bonds is 1. The molecule has 1 unspecified atom stereocenters. The van der Waals surface area contributed by atoms with Gasteiger partial charge in [0.15, 0.2) is 0 Å². The fourth-order valence-corrected chi connectivity index (χ4v) is 0.697. The number of quaternary nitrogens is 1. The minimum absolute atomic E-state index is 0.208. The van der Waals surface area contributed by atoms with Crippen molar-refractivity contribution in [3.8, 4) is 0 Å². The number of guanidine groups is 1. The van der Waals surface area contributed by atoms with E-state index in [0.717, 1.165) is 0 Å². The van der Waals surface area contributed by atoms with Gasteiger partial charge in [0.1, 0.15) is 13.5 Å². The van der Waals surface area contributed by atoms with E-state index in [1.165, 1.54) is 0 Å². The molecular weight excluding hydrogens is 152 g/mol. The van der Waals surface area contributed by atoms with Crippen molar-refractivity contribution in [3.05, 3.63) is 5.21 Å². The molecule has 64 valence electrons. The van der Waals surface area contributed by atoms with Crippen LogP contribution in [0.3, 0.4) is 0 Å². The molecule has 0 aliphatic carbocycles. The summed E-state index contributed by atoms with van der Waals surface area (Å²) in [5.74, 6) is 0.323. The summed E-state index contributed by atoms with van der Waals surface area (Å²) in [5, 5.41) is 17.4. The van der Waals surface area contributed by atoms with Crippen LogP contribution in [-0.2, 0) is 4.74 Å². The van der Waals surface area contributed by atoms with E-state index in [0.29, 0.717) is 12.7 Å². The number of ether oxygens (including phenoxy) is 1. The van der Waals surface area contributed by atoms with Gasteiger partial charge >= 0.3 is 0 Å². The number of hydrogen-bond donors (Lipinski definition) is 3. The van der Waals surface area contributed by atoms with Gasteiger partial charge in [0, 0.05) is 7.05 Å². The standard InChI is InChI=1S/C4H10N4O3/c1-7-3-11-2-5-4(7)6-8(9)10/h8-9H,2-3H2,1H3,(H,5,6). The quantitative estimate of drug-likeness (QED) is 0.371. The Morgan fingerprint density at radius 2 is 2.64 bits per heavy atom. The Hall–Kier alpha value is -0.890. The molecule has 11 heavy (non-hydrogen) atoms. The highest BCUT2D eigenvalue weighted by Crippen LogP contribution is 1.92. The Kier molecular flexibility index (Phi) is 2.60. The van der Waals surface area contributed by atoms with Gasteiger partial charge < -0.3 is 14.8 Å². The minimum Gasteiger partial charge on any atom is -0.574 e. The van der Waals surface area contributed by atoms with Gasteiger partial charge in [-0.25, -0.2) is 4.99 Å². The van der Waals surface area contributed by atoms with E-state index in [-0.39, 0.29) is 6.73 Å². The molecule has 0 radical (unpaired) electrons. The molecule has 1 atom stereocenters. The predicted octanol–water partition coefficient (Wildman–Crippen LogP) is -2.50. The number of hydrogen-bond acceptors (Lipinski definition) is 6. The lowest BCUT2D eigenvalue weighted by Gasteiger charge is -2.26. The number of aliphatic imine (C=N–C) groups is 1. The molecule has 0 amide bonds. The summed E-state index contributed by atoms with van der Waals surface area (Å²) >= 11 is 0. The Morgan fingerprint density at radius 3 is 3.18 bits per heavy atom. The topological polar surface area (TPSA) is 84.6 Å². The Labute approximate surface area is 63.4 Å². The smallest absolute Gasteiger partial charge is 0.247 e. The van der Waals surface area contributed by atoms with Gasteiger partial charge in [-0.05, 0) is 0 Å². The van der Waals surface area contributed by atoms with Gasteiger partial charge in [0.25, 0.3) is 0 Å². The van der Waals surface area contributed by atoms with Crippen molar-refractivity contribution in [2.24, 2.45) is 4.99 Å². The molecule has 3 N–H and O–H groups in total. The summed E-state index contributed by atoms with van der Waals surface area (Å²) < 4.78 is 4.90. The van der Waals surface area contributed by atoms with Gasteiger partial charge in [0.05, 0.1) is 0 Å². The second kappa shape index (κ2) is 3.49. The van der Waals surface area contributed by atoms with Crippen LogP contribution < -0.4 is 10.8 Å². The zero-order chi connectivity index (χ0) is 8.27. The van der Waals surface area contributed by atoms with Crippen LogP contribution in [0.5, 0.6) is 0 Å². The van der Waals surface area contributed by atoms with Crippen molar-refractivity contribution in [2.75, 3.05) is 20.5 Å². The molecular formula is C4H10N4O3. The van der Waals surface area contributed by atoms with Crippen molar-refractivity contribution in [1.82, 2.24) is 10.3 Å². The Balaban J connectivity index is 2.47. The monoisotopic (exact) mass is 162 g/mol. The highest BCUT2D eigenvalue weighted by Gasteiger charge is 2.12. The van der Waals surface area contributed by atoms with Crippen LogP contribution >= 0.6 is 0 Å². The predicted molar refractivity (Wildman–Crippen MR) is 35.3 cm³/mol. The highest BCUT2D eigenvalue weighted by atomic mass is 16.8. The molecule has 0 saturated heterocycles. The molecule has 1 heterocycles. The fraction of sp³-hybridized carbons (Fsp3) is 0.750. The third kappa shape index (κ3) is 2.31. The minimum atomic E-state index is -1.11. The zero-order valence-electron chi connectivity index (χ0n) is 6.07. The number of nitrogens with one attached hydrogen (secondary N) is 2. The van der Waals surface area contributed by atoms with Crippen LogP contribution in [0.15, 0.2) is 4.99 Å². The largest absolute Gasteiger partial charge is 0.574 e. The fourth-order valence-electron chi connectivity index (χ4n) is 0.697.